The Hall–Kier alpha value is -3.18. The molecule has 1 fully saturated rings. The number of halogens is 1. The summed E-state index contributed by atoms with van der Waals surface area (Å²) in [6, 6.07) is 3.58. The summed E-state index contributed by atoms with van der Waals surface area (Å²) in [7, 11) is 1.84. The largest absolute Gasteiger partial charge is 0.325 e. The number of hydrogen-bond donors (Lipinski definition) is 2. The molecule has 0 amide bonds. The molecule has 0 bridgehead atoms. The van der Waals surface area contributed by atoms with Crippen LogP contribution in [0, 0.1) is 17.8 Å². The zero-order valence-corrected chi connectivity index (χ0v) is 14.4. The molecule has 8 nitrogen and oxygen atoms in total. The monoisotopic (exact) mass is 368 g/mol. The second-order valence-electron chi connectivity index (χ2n) is 6.02. The second-order valence-corrected chi connectivity index (χ2v) is 6.38. The van der Waals surface area contributed by atoms with Crippen molar-refractivity contribution in [1.82, 2.24) is 29.9 Å². The Kier molecular flexibility index (Phi) is 3.93. The molecule has 0 radical (unpaired) electrons. The van der Waals surface area contributed by atoms with Crippen LogP contribution >= 0.6 is 11.6 Å². The fraction of sp³-hybridized carbons (Fsp3) is 0.235. The highest BCUT2D eigenvalue weighted by molar-refractivity contribution is 6.30. The van der Waals surface area contributed by atoms with Crippen molar-refractivity contribution in [2.45, 2.75) is 12.3 Å². The van der Waals surface area contributed by atoms with Crippen LogP contribution in [0.3, 0.4) is 0 Å². The molecule has 1 aliphatic rings. The minimum Gasteiger partial charge on any atom is -0.313 e. The Morgan fingerprint density at radius 3 is 2.92 bits per heavy atom. The van der Waals surface area contributed by atoms with Crippen molar-refractivity contribution in [2.75, 3.05) is 0 Å². The van der Waals surface area contributed by atoms with Gasteiger partial charge in [0.2, 0.25) is 0 Å². The number of aryl methyl sites for hydroxylation is 1. The Labute approximate surface area is 152 Å². The highest BCUT2D eigenvalue weighted by atomic mass is 35.5. The molecule has 3 aromatic heterocycles. The van der Waals surface area contributed by atoms with Gasteiger partial charge in [0.1, 0.15) is 11.4 Å². The molecule has 0 aromatic carbocycles. The Morgan fingerprint density at radius 1 is 1.35 bits per heavy atom. The normalized spacial score (nSPS) is 18.2. The molecule has 0 aliphatic heterocycles. The Morgan fingerprint density at radius 2 is 2.19 bits per heavy atom. The highest BCUT2D eigenvalue weighted by Gasteiger charge is 2.39. The minimum absolute atomic E-state index is 0.138. The van der Waals surface area contributed by atoms with Gasteiger partial charge in [0.15, 0.2) is 5.15 Å². The number of rotatable bonds is 2. The van der Waals surface area contributed by atoms with E-state index in [0.29, 0.717) is 10.8 Å². The van der Waals surface area contributed by atoms with Crippen molar-refractivity contribution in [3.63, 3.8) is 0 Å². The predicted octanol–water partition coefficient (Wildman–Crippen LogP) is 1.06. The van der Waals surface area contributed by atoms with Crippen molar-refractivity contribution in [3.05, 3.63) is 61.8 Å². The molecule has 130 valence electrons. The van der Waals surface area contributed by atoms with Crippen LogP contribution in [0.5, 0.6) is 0 Å². The van der Waals surface area contributed by atoms with Gasteiger partial charge in [-0.1, -0.05) is 17.5 Å². The van der Waals surface area contributed by atoms with Gasteiger partial charge in [0.25, 0.3) is 5.56 Å². The maximum absolute atomic E-state index is 11.9. The molecule has 9 heteroatoms. The van der Waals surface area contributed by atoms with Gasteiger partial charge in [0.05, 0.1) is 11.8 Å². The first-order valence-corrected chi connectivity index (χ1v) is 8.26. The molecule has 1 saturated carbocycles. The van der Waals surface area contributed by atoms with E-state index in [4.69, 9.17) is 11.6 Å². The zero-order chi connectivity index (χ0) is 18.3. The number of nitrogens with one attached hydrogen (secondary N) is 2. The fourth-order valence-corrected chi connectivity index (χ4v) is 2.98. The average molecular weight is 369 g/mol. The molecule has 1 aliphatic carbocycles. The van der Waals surface area contributed by atoms with E-state index < -0.39 is 11.2 Å². The molecule has 4 rings (SSSR count). The molecule has 3 heterocycles. The quantitative estimate of drug-likeness (QED) is 0.657. The minimum atomic E-state index is -0.575. The van der Waals surface area contributed by atoms with Gasteiger partial charge in [-0.2, -0.15) is 5.10 Å². The predicted molar refractivity (Wildman–Crippen MR) is 94.7 cm³/mol. The third kappa shape index (κ3) is 3.05. The maximum atomic E-state index is 11.9. The molecule has 0 unspecified atom stereocenters. The van der Waals surface area contributed by atoms with Crippen LogP contribution in [-0.2, 0) is 7.05 Å². The van der Waals surface area contributed by atoms with Crippen LogP contribution < -0.4 is 11.2 Å². The van der Waals surface area contributed by atoms with Crippen molar-refractivity contribution < 1.29 is 0 Å². The van der Waals surface area contributed by atoms with Crippen LogP contribution in [0.25, 0.3) is 11.3 Å². The van der Waals surface area contributed by atoms with E-state index in [0.717, 1.165) is 17.7 Å². The van der Waals surface area contributed by atoms with Crippen LogP contribution in [-0.4, -0.2) is 29.9 Å². The van der Waals surface area contributed by atoms with Gasteiger partial charge in [-0.25, -0.2) is 4.79 Å². The van der Waals surface area contributed by atoms with Gasteiger partial charge in [0, 0.05) is 25.1 Å². The highest BCUT2D eigenvalue weighted by Crippen LogP contribution is 2.49. The third-order valence-corrected chi connectivity index (χ3v) is 4.56. The lowest BCUT2D eigenvalue weighted by Gasteiger charge is -2.04. The molecule has 2 atom stereocenters. The zero-order valence-electron chi connectivity index (χ0n) is 13.7. The van der Waals surface area contributed by atoms with Crippen molar-refractivity contribution in [2.24, 2.45) is 13.0 Å². The van der Waals surface area contributed by atoms with E-state index in [-0.39, 0.29) is 17.4 Å². The van der Waals surface area contributed by atoms with Crippen LogP contribution in [0.1, 0.15) is 23.6 Å². The lowest BCUT2D eigenvalue weighted by molar-refractivity contribution is 0.757. The van der Waals surface area contributed by atoms with Gasteiger partial charge in [-0.05, 0) is 30.0 Å². The topological polar surface area (TPSA) is 109 Å². The van der Waals surface area contributed by atoms with Gasteiger partial charge >= 0.3 is 5.69 Å². The smallest absolute Gasteiger partial charge is 0.313 e. The molecule has 26 heavy (non-hydrogen) atoms. The molecule has 3 aromatic rings. The fourth-order valence-electron chi connectivity index (χ4n) is 2.74. The Balaban J connectivity index is 1.62. The number of aromatic nitrogens is 6. The number of hydrogen-bond acceptors (Lipinski definition) is 5. The third-order valence-electron chi connectivity index (χ3n) is 4.27. The van der Waals surface area contributed by atoms with Gasteiger partial charge in [-0.15, -0.1) is 10.2 Å². The van der Waals surface area contributed by atoms with E-state index in [1.54, 1.807) is 16.9 Å². The van der Waals surface area contributed by atoms with E-state index in [9.17, 15) is 9.59 Å². The summed E-state index contributed by atoms with van der Waals surface area (Å²) in [5.74, 6) is 6.63. The molecular weight excluding hydrogens is 356 g/mol. The lowest BCUT2D eigenvalue weighted by atomic mass is 10.1. The Bertz CT molecular complexity index is 1170. The molecule has 0 spiro atoms. The summed E-state index contributed by atoms with van der Waals surface area (Å²) in [5, 5.41) is 12.3. The maximum Gasteiger partial charge on any atom is 0.325 e. The van der Waals surface area contributed by atoms with Crippen LogP contribution in [0.2, 0.25) is 5.15 Å². The average Bonchev–Trinajstić information content (AvgIpc) is 3.26. The molecule has 0 saturated heterocycles. The summed E-state index contributed by atoms with van der Waals surface area (Å²) in [5.41, 5.74) is 1.12. The first-order chi connectivity index (χ1) is 12.5. The first-order valence-electron chi connectivity index (χ1n) is 7.88. The summed E-state index contributed by atoms with van der Waals surface area (Å²) in [4.78, 5) is 27.7. The van der Waals surface area contributed by atoms with Crippen molar-refractivity contribution >= 4 is 11.6 Å². The first kappa shape index (κ1) is 16.3. The number of aromatic amines is 2. The summed E-state index contributed by atoms with van der Waals surface area (Å²) in [6.45, 7) is 0. The van der Waals surface area contributed by atoms with E-state index in [1.165, 1.54) is 6.20 Å². The van der Waals surface area contributed by atoms with E-state index in [1.807, 2.05) is 13.1 Å². The van der Waals surface area contributed by atoms with Crippen LogP contribution in [0.15, 0.2) is 34.1 Å². The standard InChI is InChI=1S/C17H13ClN6O2/c1-24-10(4-5-20-24)3-2-9-6-11(9)12-7-14(22-23-15(12)18)13-8-19-17(26)21-16(13)25/h4-5,7-9,11H,6H2,1H3,(H2,19,21,25,26)/t9-,11-/m0/s1. The summed E-state index contributed by atoms with van der Waals surface area (Å²) < 4.78 is 1.71. The van der Waals surface area contributed by atoms with Crippen molar-refractivity contribution in [3.8, 4) is 23.1 Å². The van der Waals surface area contributed by atoms with E-state index in [2.05, 4.69) is 37.1 Å². The molecule has 2 N–H and O–H groups in total. The number of H-pyrrole nitrogens is 2. The van der Waals surface area contributed by atoms with Crippen molar-refractivity contribution in [1.29, 1.82) is 0 Å². The van der Waals surface area contributed by atoms with Gasteiger partial charge < -0.3 is 4.98 Å². The SMILES string of the molecule is Cn1nccc1C#C[C@H]1C[C@@H]1c1cc(-c2c[nH]c(=O)[nH]c2=O)nnc1Cl. The van der Waals surface area contributed by atoms with Gasteiger partial charge in [-0.3, -0.25) is 14.5 Å². The lowest BCUT2D eigenvalue weighted by Crippen LogP contribution is -2.23. The van der Waals surface area contributed by atoms with E-state index >= 15 is 0 Å². The summed E-state index contributed by atoms with van der Waals surface area (Å²) in [6.07, 6.45) is 3.87. The second kappa shape index (κ2) is 6.28. The molecular formula is C17H13ClN6O2. The number of nitrogens with zero attached hydrogens (tertiary/aromatic N) is 4. The van der Waals surface area contributed by atoms with Crippen LogP contribution in [0.4, 0.5) is 0 Å². The summed E-state index contributed by atoms with van der Waals surface area (Å²) >= 11 is 6.19.